The fourth-order valence-corrected chi connectivity index (χ4v) is 3.77. The van der Waals surface area contributed by atoms with Gasteiger partial charge in [-0.15, -0.1) is 0 Å². The lowest BCUT2D eigenvalue weighted by atomic mass is 10.1. The van der Waals surface area contributed by atoms with Crippen molar-refractivity contribution < 1.29 is 27.4 Å². The van der Waals surface area contributed by atoms with E-state index >= 15 is 0 Å². The molecule has 0 unspecified atom stereocenters. The molecule has 0 saturated heterocycles. The van der Waals surface area contributed by atoms with E-state index in [1.165, 1.54) is 24.1 Å². The van der Waals surface area contributed by atoms with Crippen molar-refractivity contribution in [3.8, 4) is 11.5 Å². The van der Waals surface area contributed by atoms with Gasteiger partial charge in [-0.2, -0.15) is 17.5 Å². The Morgan fingerprint density at radius 1 is 1.10 bits per heavy atom. The maximum Gasteiger partial charge on any atom is 0.416 e. The van der Waals surface area contributed by atoms with Crippen molar-refractivity contribution in [2.24, 2.45) is 0 Å². The summed E-state index contributed by atoms with van der Waals surface area (Å²) in [5, 5.41) is 0.934. The Bertz CT molecular complexity index is 1040. The first-order valence-electron chi connectivity index (χ1n) is 9.04. The van der Waals surface area contributed by atoms with Gasteiger partial charge in [0.1, 0.15) is 23.2 Å². The Balaban J connectivity index is 1.66. The molecule has 3 aromatic rings. The van der Waals surface area contributed by atoms with E-state index in [2.05, 4.69) is 4.37 Å². The molecule has 164 valence electrons. The fraction of sp³-hybridized carbons (Fsp3) is 0.238. The molecule has 1 heterocycles. The summed E-state index contributed by atoms with van der Waals surface area (Å²) in [6, 6.07) is 11.1. The number of hydrogen-bond donors (Lipinski definition) is 0. The highest BCUT2D eigenvalue weighted by molar-refractivity contribution is 7.11. The highest BCUT2D eigenvalue weighted by Gasteiger charge is 2.30. The van der Waals surface area contributed by atoms with Gasteiger partial charge in [-0.25, -0.2) is 0 Å². The van der Waals surface area contributed by atoms with Crippen LogP contribution in [0.5, 0.6) is 11.5 Å². The van der Waals surface area contributed by atoms with Gasteiger partial charge in [-0.1, -0.05) is 23.7 Å². The van der Waals surface area contributed by atoms with E-state index in [9.17, 15) is 18.0 Å². The third kappa shape index (κ3) is 5.75. The smallest absolute Gasteiger partial charge is 0.416 e. The number of methoxy groups -OCH3 is 1. The van der Waals surface area contributed by atoms with Crippen LogP contribution in [-0.4, -0.2) is 24.1 Å². The first-order chi connectivity index (χ1) is 14.7. The molecule has 0 bridgehead atoms. The second kappa shape index (κ2) is 9.67. The van der Waals surface area contributed by atoms with E-state index in [1.807, 2.05) is 0 Å². The molecule has 5 nitrogen and oxygen atoms in total. The average molecular weight is 471 g/mol. The number of aromatic nitrogens is 1. The molecule has 0 fully saturated rings. The molecular weight excluding hydrogens is 453 g/mol. The van der Waals surface area contributed by atoms with Gasteiger partial charge in [0.2, 0.25) is 5.91 Å². The maximum atomic E-state index is 12.8. The number of halogens is 4. The maximum absolute atomic E-state index is 12.8. The predicted molar refractivity (Wildman–Crippen MR) is 113 cm³/mol. The quantitative estimate of drug-likeness (QED) is 0.392. The zero-order chi connectivity index (χ0) is 22.6. The number of anilines is 1. The van der Waals surface area contributed by atoms with Crippen LogP contribution < -0.4 is 9.64 Å². The first-order valence-corrected chi connectivity index (χ1v) is 10.2. The third-order valence-electron chi connectivity index (χ3n) is 4.27. The standard InChI is InChI=1S/C21H18ClF3N2O3S/c1-13-19(22)20(31-26-13)27(12-29-2)18(28)11-14-3-7-16(8-4-14)30-17-9-5-15(6-10-17)21(23,24)25/h3-10H,11-12H2,1-2H3. The van der Waals surface area contributed by atoms with Gasteiger partial charge in [0.15, 0.2) is 0 Å². The Labute approximate surface area is 186 Å². The van der Waals surface area contributed by atoms with Gasteiger partial charge < -0.3 is 9.47 Å². The Hall–Kier alpha value is -2.62. The number of rotatable bonds is 7. The second-order valence-electron chi connectivity index (χ2n) is 6.57. The number of benzene rings is 2. The van der Waals surface area contributed by atoms with Crippen molar-refractivity contribution in [1.82, 2.24) is 4.37 Å². The molecule has 0 radical (unpaired) electrons. The van der Waals surface area contributed by atoms with Crippen molar-refractivity contribution in [2.45, 2.75) is 19.5 Å². The number of nitrogens with zero attached hydrogens (tertiary/aromatic N) is 2. The normalized spacial score (nSPS) is 11.4. The molecule has 0 aliphatic carbocycles. The van der Waals surface area contributed by atoms with E-state index in [0.29, 0.717) is 21.5 Å². The van der Waals surface area contributed by atoms with Gasteiger partial charge in [0.05, 0.1) is 22.7 Å². The topological polar surface area (TPSA) is 51.7 Å². The average Bonchev–Trinajstić information content (AvgIpc) is 3.05. The molecule has 0 aliphatic rings. The minimum atomic E-state index is -4.40. The molecule has 1 aromatic heterocycles. The van der Waals surface area contributed by atoms with E-state index < -0.39 is 11.7 Å². The summed E-state index contributed by atoms with van der Waals surface area (Å²) < 4.78 is 52.8. The summed E-state index contributed by atoms with van der Waals surface area (Å²) in [5.74, 6) is 0.493. The predicted octanol–water partition coefficient (Wildman–Crippen LogP) is 6.10. The minimum absolute atomic E-state index is 0.0370. The Morgan fingerprint density at radius 2 is 1.68 bits per heavy atom. The van der Waals surface area contributed by atoms with Gasteiger partial charge in [-0.05, 0) is 60.4 Å². The number of carbonyl (C=O) groups is 1. The number of amides is 1. The lowest BCUT2D eigenvalue weighted by Gasteiger charge is -2.20. The fourth-order valence-electron chi connectivity index (χ4n) is 2.68. The highest BCUT2D eigenvalue weighted by Crippen LogP contribution is 2.34. The number of carbonyl (C=O) groups excluding carboxylic acids is 1. The van der Waals surface area contributed by atoms with Crippen molar-refractivity contribution >= 4 is 34.0 Å². The monoisotopic (exact) mass is 470 g/mol. The number of alkyl halides is 3. The summed E-state index contributed by atoms with van der Waals surface area (Å²) >= 11 is 7.36. The van der Waals surface area contributed by atoms with Crippen molar-refractivity contribution in [2.75, 3.05) is 18.7 Å². The summed E-state index contributed by atoms with van der Waals surface area (Å²) in [4.78, 5) is 14.2. The number of aryl methyl sites for hydroxylation is 1. The molecule has 1 amide bonds. The number of hydrogen-bond acceptors (Lipinski definition) is 5. The first kappa shape index (κ1) is 23.1. The zero-order valence-electron chi connectivity index (χ0n) is 16.6. The molecule has 0 N–H and O–H groups in total. The van der Waals surface area contributed by atoms with Crippen LogP contribution in [0.3, 0.4) is 0 Å². The largest absolute Gasteiger partial charge is 0.457 e. The Morgan fingerprint density at radius 3 is 2.16 bits per heavy atom. The van der Waals surface area contributed by atoms with E-state index in [-0.39, 0.29) is 24.8 Å². The van der Waals surface area contributed by atoms with E-state index in [4.69, 9.17) is 21.1 Å². The molecule has 31 heavy (non-hydrogen) atoms. The van der Waals surface area contributed by atoms with Crippen LogP contribution >= 0.6 is 23.1 Å². The molecule has 3 rings (SSSR count). The lowest BCUT2D eigenvalue weighted by molar-refractivity contribution is -0.137. The summed E-state index contributed by atoms with van der Waals surface area (Å²) in [5.41, 5.74) is 0.620. The molecule has 2 aromatic carbocycles. The lowest BCUT2D eigenvalue weighted by Crippen LogP contribution is -2.33. The van der Waals surface area contributed by atoms with Crippen LogP contribution in [0.4, 0.5) is 18.2 Å². The zero-order valence-corrected chi connectivity index (χ0v) is 18.1. The number of ether oxygens (including phenoxy) is 2. The van der Waals surface area contributed by atoms with Gasteiger partial charge in [-0.3, -0.25) is 9.69 Å². The van der Waals surface area contributed by atoms with Crippen molar-refractivity contribution in [3.63, 3.8) is 0 Å². The summed E-state index contributed by atoms with van der Waals surface area (Å²) in [6.07, 6.45) is -4.30. The van der Waals surface area contributed by atoms with Crippen LogP contribution in [0.1, 0.15) is 16.8 Å². The summed E-state index contributed by atoms with van der Waals surface area (Å²) in [6.45, 7) is 1.79. The van der Waals surface area contributed by atoms with Gasteiger partial charge >= 0.3 is 6.18 Å². The van der Waals surface area contributed by atoms with Gasteiger partial charge in [0.25, 0.3) is 0 Å². The summed E-state index contributed by atoms with van der Waals surface area (Å²) in [7, 11) is 1.48. The van der Waals surface area contributed by atoms with Crippen LogP contribution in [0.2, 0.25) is 5.02 Å². The minimum Gasteiger partial charge on any atom is -0.457 e. The van der Waals surface area contributed by atoms with Crippen LogP contribution in [-0.2, 0) is 22.1 Å². The second-order valence-corrected chi connectivity index (χ2v) is 7.70. The van der Waals surface area contributed by atoms with Crippen LogP contribution in [0.25, 0.3) is 0 Å². The van der Waals surface area contributed by atoms with E-state index in [1.54, 1.807) is 31.2 Å². The Kier molecular flexibility index (Phi) is 7.19. The third-order valence-corrected chi connectivity index (χ3v) is 5.80. The molecule has 0 spiro atoms. The molecular formula is C21H18ClF3N2O3S. The van der Waals surface area contributed by atoms with Gasteiger partial charge in [0, 0.05) is 7.11 Å². The van der Waals surface area contributed by atoms with Crippen LogP contribution in [0.15, 0.2) is 48.5 Å². The van der Waals surface area contributed by atoms with Crippen LogP contribution in [0, 0.1) is 6.92 Å². The van der Waals surface area contributed by atoms with Crippen molar-refractivity contribution in [3.05, 3.63) is 70.4 Å². The van der Waals surface area contributed by atoms with E-state index in [0.717, 1.165) is 29.2 Å². The SMILES string of the molecule is COCN(C(=O)Cc1ccc(Oc2ccc(C(F)(F)F)cc2)cc1)c1snc(C)c1Cl. The molecule has 0 aliphatic heterocycles. The highest BCUT2D eigenvalue weighted by atomic mass is 35.5. The molecule has 0 atom stereocenters. The molecule has 10 heteroatoms. The van der Waals surface area contributed by atoms with Crippen molar-refractivity contribution in [1.29, 1.82) is 0 Å². The molecule has 0 saturated carbocycles.